The Bertz CT molecular complexity index is 446. The van der Waals surface area contributed by atoms with E-state index >= 15 is 0 Å². The number of amides is 1. The van der Waals surface area contributed by atoms with Crippen molar-refractivity contribution in [1.82, 2.24) is 4.90 Å². The van der Waals surface area contributed by atoms with Gasteiger partial charge in [-0.15, -0.1) is 0 Å². The summed E-state index contributed by atoms with van der Waals surface area (Å²) in [6.45, 7) is 2.40. The van der Waals surface area contributed by atoms with Gasteiger partial charge >= 0.3 is 12.1 Å². The van der Waals surface area contributed by atoms with Gasteiger partial charge < -0.3 is 9.84 Å². The van der Waals surface area contributed by atoms with Crippen LogP contribution < -0.4 is 0 Å². The molecule has 1 aliphatic heterocycles. The molecule has 1 fully saturated rings. The predicted molar refractivity (Wildman–Crippen MR) is 63.9 cm³/mol. The average molecular weight is 249 g/mol. The van der Waals surface area contributed by atoms with Crippen LogP contribution >= 0.6 is 0 Å². The maximum Gasteiger partial charge on any atom is 0.410 e. The molecule has 1 N–H and O–H groups in total. The van der Waals surface area contributed by atoms with Crippen molar-refractivity contribution in [2.24, 2.45) is 5.92 Å². The quantitative estimate of drug-likeness (QED) is 0.885. The summed E-state index contributed by atoms with van der Waals surface area (Å²) in [4.78, 5) is 23.9. The summed E-state index contributed by atoms with van der Waals surface area (Å²) in [5.41, 5.74) is 0.881. The van der Waals surface area contributed by atoms with Crippen LogP contribution in [0.15, 0.2) is 30.3 Å². The van der Waals surface area contributed by atoms with Gasteiger partial charge in [-0.3, -0.25) is 4.90 Å². The SMILES string of the molecule is C[C@H]1CN(C(=O)OCc2ccccc2)C1C(=O)O. The first kappa shape index (κ1) is 12.4. The van der Waals surface area contributed by atoms with Crippen molar-refractivity contribution in [2.75, 3.05) is 6.54 Å². The molecule has 1 saturated heterocycles. The number of carboxylic acids is 1. The Labute approximate surface area is 105 Å². The average Bonchev–Trinajstić information content (AvgIpc) is 2.33. The van der Waals surface area contributed by atoms with Gasteiger partial charge in [0, 0.05) is 12.5 Å². The van der Waals surface area contributed by atoms with Crippen LogP contribution in [0.2, 0.25) is 0 Å². The first-order valence-electron chi connectivity index (χ1n) is 5.79. The van der Waals surface area contributed by atoms with Crippen LogP contribution in [0, 0.1) is 5.92 Å². The number of likely N-dealkylation sites (tertiary alicyclic amines) is 1. The van der Waals surface area contributed by atoms with E-state index in [2.05, 4.69) is 0 Å². The van der Waals surface area contributed by atoms with Crippen LogP contribution in [0.1, 0.15) is 12.5 Å². The molecule has 1 aliphatic rings. The van der Waals surface area contributed by atoms with Gasteiger partial charge in [0.1, 0.15) is 12.6 Å². The zero-order chi connectivity index (χ0) is 13.1. The lowest BCUT2D eigenvalue weighted by atomic mass is 9.91. The fourth-order valence-corrected chi connectivity index (χ4v) is 2.06. The monoisotopic (exact) mass is 249 g/mol. The summed E-state index contributed by atoms with van der Waals surface area (Å²) in [5.74, 6) is -1.00. The molecule has 96 valence electrons. The summed E-state index contributed by atoms with van der Waals surface area (Å²) in [5, 5.41) is 8.96. The zero-order valence-electron chi connectivity index (χ0n) is 10.1. The summed E-state index contributed by atoms with van der Waals surface area (Å²) >= 11 is 0. The highest BCUT2D eigenvalue weighted by Crippen LogP contribution is 2.25. The molecule has 5 nitrogen and oxygen atoms in total. The van der Waals surface area contributed by atoms with Crippen molar-refractivity contribution in [1.29, 1.82) is 0 Å². The molecule has 0 bridgehead atoms. The second-order valence-electron chi connectivity index (χ2n) is 4.45. The Morgan fingerprint density at radius 1 is 1.39 bits per heavy atom. The van der Waals surface area contributed by atoms with Crippen LogP contribution in [0.3, 0.4) is 0 Å². The van der Waals surface area contributed by atoms with Crippen LogP contribution in [0.25, 0.3) is 0 Å². The number of hydrogen-bond acceptors (Lipinski definition) is 3. The fourth-order valence-electron chi connectivity index (χ4n) is 2.06. The van der Waals surface area contributed by atoms with E-state index in [1.54, 1.807) is 6.92 Å². The van der Waals surface area contributed by atoms with Gasteiger partial charge in [0.15, 0.2) is 0 Å². The standard InChI is InChI=1S/C13H15NO4/c1-9-7-14(11(9)12(15)16)13(17)18-8-10-5-3-2-4-6-10/h2-6,9,11H,7-8H2,1H3,(H,15,16)/t9-,11?/m0/s1. The van der Waals surface area contributed by atoms with Gasteiger partial charge in [-0.25, -0.2) is 9.59 Å². The van der Waals surface area contributed by atoms with Crippen molar-refractivity contribution in [3.05, 3.63) is 35.9 Å². The number of rotatable bonds is 3. The van der Waals surface area contributed by atoms with Crippen LogP contribution in [0.4, 0.5) is 4.79 Å². The number of ether oxygens (including phenoxy) is 1. The first-order chi connectivity index (χ1) is 8.59. The second-order valence-corrected chi connectivity index (χ2v) is 4.45. The Morgan fingerprint density at radius 3 is 2.61 bits per heavy atom. The van der Waals surface area contributed by atoms with Crippen molar-refractivity contribution in [2.45, 2.75) is 19.6 Å². The fraction of sp³-hybridized carbons (Fsp3) is 0.385. The van der Waals surface area contributed by atoms with E-state index in [9.17, 15) is 9.59 Å². The second kappa shape index (κ2) is 5.08. The maximum absolute atomic E-state index is 11.7. The molecule has 18 heavy (non-hydrogen) atoms. The van der Waals surface area contributed by atoms with E-state index in [-0.39, 0.29) is 12.5 Å². The third kappa shape index (κ3) is 2.45. The molecule has 0 radical (unpaired) electrons. The lowest BCUT2D eigenvalue weighted by Gasteiger charge is -2.42. The zero-order valence-corrected chi connectivity index (χ0v) is 10.1. The molecule has 1 unspecified atom stereocenters. The molecule has 2 rings (SSSR count). The Morgan fingerprint density at radius 2 is 2.06 bits per heavy atom. The van der Waals surface area contributed by atoms with Gasteiger partial charge in [0.05, 0.1) is 0 Å². The number of carboxylic acid groups (broad SMARTS) is 1. The minimum Gasteiger partial charge on any atom is -0.480 e. The number of carbonyl (C=O) groups is 2. The molecule has 1 aromatic rings. The summed E-state index contributed by atoms with van der Waals surface area (Å²) < 4.78 is 5.08. The molecule has 2 atom stereocenters. The molecular formula is C13H15NO4. The van der Waals surface area contributed by atoms with E-state index in [0.717, 1.165) is 5.56 Å². The highest BCUT2D eigenvalue weighted by atomic mass is 16.6. The number of aliphatic carboxylic acids is 1. The van der Waals surface area contributed by atoms with Crippen molar-refractivity contribution >= 4 is 12.1 Å². The Balaban J connectivity index is 1.88. The minimum absolute atomic E-state index is 0.0215. The van der Waals surface area contributed by atoms with E-state index in [1.165, 1.54) is 4.90 Å². The molecule has 1 heterocycles. The van der Waals surface area contributed by atoms with Crippen molar-refractivity contribution in [3.8, 4) is 0 Å². The lowest BCUT2D eigenvalue weighted by molar-refractivity contribution is -0.150. The molecule has 0 aliphatic carbocycles. The van der Waals surface area contributed by atoms with Crippen molar-refractivity contribution in [3.63, 3.8) is 0 Å². The van der Waals surface area contributed by atoms with Gasteiger partial charge in [-0.2, -0.15) is 0 Å². The van der Waals surface area contributed by atoms with Crippen LogP contribution in [-0.4, -0.2) is 34.7 Å². The number of nitrogens with zero attached hydrogens (tertiary/aromatic N) is 1. The Hall–Kier alpha value is -2.04. The highest BCUT2D eigenvalue weighted by molar-refractivity contribution is 5.82. The normalized spacial score (nSPS) is 22.2. The number of benzene rings is 1. The van der Waals surface area contributed by atoms with Gasteiger partial charge in [-0.1, -0.05) is 37.3 Å². The molecule has 1 amide bonds. The summed E-state index contributed by atoms with van der Waals surface area (Å²) in [7, 11) is 0. The molecule has 1 aromatic carbocycles. The minimum atomic E-state index is -0.981. The molecule has 0 saturated carbocycles. The summed E-state index contributed by atoms with van der Waals surface area (Å²) in [6, 6.07) is 8.53. The van der Waals surface area contributed by atoms with Crippen LogP contribution in [0.5, 0.6) is 0 Å². The number of carbonyl (C=O) groups excluding carboxylic acids is 1. The smallest absolute Gasteiger partial charge is 0.410 e. The highest BCUT2D eigenvalue weighted by Gasteiger charge is 2.44. The molecule has 5 heteroatoms. The van der Waals surface area contributed by atoms with Gasteiger partial charge in [0.2, 0.25) is 0 Å². The largest absolute Gasteiger partial charge is 0.480 e. The van der Waals surface area contributed by atoms with E-state index in [1.807, 2.05) is 30.3 Å². The van der Waals surface area contributed by atoms with Crippen molar-refractivity contribution < 1.29 is 19.4 Å². The Kier molecular flexibility index (Phi) is 3.50. The topological polar surface area (TPSA) is 66.8 Å². The molecular weight excluding hydrogens is 234 g/mol. The molecule has 0 spiro atoms. The third-order valence-corrected chi connectivity index (χ3v) is 3.05. The van der Waals surface area contributed by atoms with E-state index < -0.39 is 18.1 Å². The van der Waals surface area contributed by atoms with Gasteiger partial charge in [0.25, 0.3) is 0 Å². The third-order valence-electron chi connectivity index (χ3n) is 3.05. The van der Waals surface area contributed by atoms with E-state index in [4.69, 9.17) is 9.84 Å². The number of hydrogen-bond donors (Lipinski definition) is 1. The predicted octanol–water partition coefficient (Wildman–Crippen LogP) is 1.73. The van der Waals surface area contributed by atoms with E-state index in [0.29, 0.717) is 6.54 Å². The first-order valence-corrected chi connectivity index (χ1v) is 5.79. The van der Waals surface area contributed by atoms with Crippen LogP contribution in [-0.2, 0) is 16.1 Å². The summed E-state index contributed by atoms with van der Waals surface area (Å²) in [6.07, 6.45) is -0.565. The maximum atomic E-state index is 11.7. The molecule has 0 aromatic heterocycles. The van der Waals surface area contributed by atoms with Gasteiger partial charge in [-0.05, 0) is 5.56 Å². The lowest BCUT2D eigenvalue weighted by Crippen LogP contribution is -2.61.